The summed E-state index contributed by atoms with van der Waals surface area (Å²) < 4.78 is 5.26. The molecule has 0 spiro atoms. The number of ether oxygens (including phenoxy) is 1. The number of rotatable bonds is 7. The third-order valence-electron chi connectivity index (χ3n) is 4.20. The molecule has 128 valence electrons. The molecule has 0 heterocycles. The molecule has 1 N–H and O–H groups in total. The van der Waals surface area contributed by atoms with Crippen LogP contribution in [0, 0.1) is 0 Å². The van der Waals surface area contributed by atoms with Crippen LogP contribution in [0.2, 0.25) is 0 Å². The van der Waals surface area contributed by atoms with Gasteiger partial charge >= 0.3 is 0 Å². The van der Waals surface area contributed by atoms with E-state index in [0.29, 0.717) is 17.9 Å². The molecule has 0 aliphatic carbocycles. The van der Waals surface area contributed by atoms with Crippen molar-refractivity contribution < 1.29 is 9.53 Å². The van der Waals surface area contributed by atoms with E-state index in [2.05, 4.69) is 41.4 Å². The van der Waals surface area contributed by atoms with Gasteiger partial charge < -0.3 is 15.0 Å². The van der Waals surface area contributed by atoms with E-state index in [1.54, 1.807) is 19.2 Å². The SMILES string of the molecule is CCc1ccc(C(CNC(=O)c2ccccc2OC)N(C)C)cc1. The highest BCUT2D eigenvalue weighted by Gasteiger charge is 2.17. The first-order chi connectivity index (χ1) is 11.6. The molecule has 0 aromatic heterocycles. The number of nitrogens with zero attached hydrogens (tertiary/aromatic N) is 1. The van der Waals surface area contributed by atoms with E-state index in [1.807, 2.05) is 26.2 Å². The van der Waals surface area contributed by atoms with Crippen LogP contribution in [0.1, 0.15) is 34.5 Å². The Morgan fingerprint density at radius 1 is 1.12 bits per heavy atom. The number of carbonyl (C=O) groups excluding carboxylic acids is 1. The maximum atomic E-state index is 12.5. The lowest BCUT2D eigenvalue weighted by Crippen LogP contribution is -2.34. The highest BCUT2D eigenvalue weighted by atomic mass is 16.5. The number of benzene rings is 2. The maximum absolute atomic E-state index is 12.5. The van der Waals surface area contributed by atoms with Crippen molar-refractivity contribution in [2.75, 3.05) is 27.7 Å². The minimum Gasteiger partial charge on any atom is -0.496 e. The Hall–Kier alpha value is -2.33. The Labute approximate surface area is 144 Å². The van der Waals surface area contributed by atoms with Crippen LogP contribution in [0.25, 0.3) is 0 Å². The molecule has 2 aromatic rings. The summed E-state index contributed by atoms with van der Waals surface area (Å²) in [5.74, 6) is 0.466. The minimum absolute atomic E-state index is 0.120. The van der Waals surface area contributed by atoms with E-state index in [1.165, 1.54) is 11.1 Å². The van der Waals surface area contributed by atoms with E-state index in [-0.39, 0.29) is 11.9 Å². The summed E-state index contributed by atoms with van der Waals surface area (Å²) in [6.07, 6.45) is 1.03. The van der Waals surface area contributed by atoms with Crippen LogP contribution in [-0.2, 0) is 6.42 Å². The topological polar surface area (TPSA) is 41.6 Å². The summed E-state index contributed by atoms with van der Waals surface area (Å²) in [5, 5.41) is 3.02. The quantitative estimate of drug-likeness (QED) is 0.849. The standard InChI is InChI=1S/C20H26N2O2/c1-5-15-10-12-16(13-11-15)18(22(2)3)14-21-20(23)17-8-6-7-9-19(17)24-4/h6-13,18H,5,14H2,1-4H3,(H,21,23). The summed E-state index contributed by atoms with van der Waals surface area (Å²) in [7, 11) is 5.62. The van der Waals surface area contributed by atoms with Crippen LogP contribution < -0.4 is 10.1 Å². The van der Waals surface area contributed by atoms with Gasteiger partial charge in [0.25, 0.3) is 5.91 Å². The summed E-state index contributed by atoms with van der Waals surface area (Å²) in [4.78, 5) is 14.6. The normalized spacial score (nSPS) is 12.0. The number of carbonyl (C=O) groups is 1. The third-order valence-corrected chi connectivity index (χ3v) is 4.20. The highest BCUT2D eigenvalue weighted by molar-refractivity contribution is 5.96. The van der Waals surface area contributed by atoms with Crippen LogP contribution in [0.4, 0.5) is 0 Å². The second kappa shape index (κ2) is 8.50. The average molecular weight is 326 g/mol. The van der Waals surface area contributed by atoms with Crippen molar-refractivity contribution in [2.45, 2.75) is 19.4 Å². The van der Waals surface area contributed by atoms with Gasteiger partial charge in [0.15, 0.2) is 0 Å². The van der Waals surface area contributed by atoms with Crippen LogP contribution in [0.15, 0.2) is 48.5 Å². The Bertz CT molecular complexity index is 666. The molecule has 0 saturated carbocycles. The van der Waals surface area contributed by atoms with Crippen LogP contribution in [0.5, 0.6) is 5.75 Å². The van der Waals surface area contributed by atoms with Crippen molar-refractivity contribution in [1.82, 2.24) is 10.2 Å². The molecule has 0 fully saturated rings. The van der Waals surface area contributed by atoms with E-state index in [0.717, 1.165) is 6.42 Å². The summed E-state index contributed by atoms with van der Waals surface area (Å²) >= 11 is 0. The smallest absolute Gasteiger partial charge is 0.255 e. The first kappa shape index (κ1) is 18.0. The number of para-hydroxylation sites is 1. The van der Waals surface area contributed by atoms with Crippen molar-refractivity contribution in [3.05, 3.63) is 65.2 Å². The molecular weight excluding hydrogens is 300 g/mol. The summed E-state index contributed by atoms with van der Waals surface area (Å²) in [6, 6.07) is 15.9. The summed E-state index contributed by atoms with van der Waals surface area (Å²) in [5.41, 5.74) is 3.06. The zero-order valence-corrected chi connectivity index (χ0v) is 14.9. The largest absolute Gasteiger partial charge is 0.496 e. The minimum atomic E-state index is -0.121. The van der Waals surface area contributed by atoms with E-state index >= 15 is 0 Å². The number of hydrogen-bond donors (Lipinski definition) is 1. The third kappa shape index (κ3) is 4.36. The lowest BCUT2D eigenvalue weighted by atomic mass is 10.0. The van der Waals surface area contributed by atoms with Gasteiger partial charge in [-0.15, -0.1) is 0 Å². The van der Waals surface area contributed by atoms with Gasteiger partial charge in [-0.3, -0.25) is 4.79 Å². The summed E-state index contributed by atoms with van der Waals surface area (Å²) in [6.45, 7) is 2.68. The molecule has 1 unspecified atom stereocenters. The molecule has 0 saturated heterocycles. The Morgan fingerprint density at radius 3 is 2.38 bits per heavy atom. The van der Waals surface area contributed by atoms with Crippen molar-refractivity contribution in [3.63, 3.8) is 0 Å². The molecule has 0 aliphatic rings. The predicted octanol–water partition coefficient (Wildman–Crippen LogP) is 3.29. The first-order valence-electron chi connectivity index (χ1n) is 8.23. The van der Waals surface area contributed by atoms with Gasteiger partial charge in [-0.05, 0) is 43.8 Å². The van der Waals surface area contributed by atoms with Gasteiger partial charge in [0, 0.05) is 6.54 Å². The van der Waals surface area contributed by atoms with Gasteiger partial charge in [0.1, 0.15) is 5.75 Å². The molecule has 1 atom stereocenters. The molecule has 2 aromatic carbocycles. The highest BCUT2D eigenvalue weighted by Crippen LogP contribution is 2.20. The Kier molecular flexibility index (Phi) is 6.38. The molecule has 0 aliphatic heterocycles. The van der Waals surface area contributed by atoms with Gasteiger partial charge in [-0.1, -0.05) is 43.3 Å². The maximum Gasteiger partial charge on any atom is 0.255 e. The number of amides is 1. The molecule has 24 heavy (non-hydrogen) atoms. The molecule has 4 heteroatoms. The Morgan fingerprint density at radius 2 is 1.79 bits per heavy atom. The fraction of sp³-hybridized carbons (Fsp3) is 0.350. The molecule has 0 radical (unpaired) electrons. The molecule has 2 rings (SSSR count). The number of methoxy groups -OCH3 is 1. The van der Waals surface area contributed by atoms with Crippen LogP contribution >= 0.6 is 0 Å². The van der Waals surface area contributed by atoms with Gasteiger partial charge in [0.05, 0.1) is 18.7 Å². The monoisotopic (exact) mass is 326 g/mol. The second-order valence-corrected chi connectivity index (χ2v) is 5.98. The van der Waals surface area contributed by atoms with E-state index in [4.69, 9.17) is 4.74 Å². The zero-order valence-electron chi connectivity index (χ0n) is 14.9. The van der Waals surface area contributed by atoms with Crippen LogP contribution in [0.3, 0.4) is 0 Å². The zero-order chi connectivity index (χ0) is 17.5. The van der Waals surface area contributed by atoms with Crippen molar-refractivity contribution >= 4 is 5.91 Å². The Balaban J connectivity index is 2.09. The van der Waals surface area contributed by atoms with Crippen LogP contribution in [-0.4, -0.2) is 38.6 Å². The molecule has 0 bridgehead atoms. The van der Waals surface area contributed by atoms with E-state index < -0.39 is 0 Å². The molecular formula is C20H26N2O2. The fourth-order valence-corrected chi connectivity index (χ4v) is 2.69. The van der Waals surface area contributed by atoms with Crippen molar-refractivity contribution in [3.8, 4) is 5.75 Å². The van der Waals surface area contributed by atoms with Crippen molar-refractivity contribution in [2.24, 2.45) is 0 Å². The first-order valence-corrected chi connectivity index (χ1v) is 8.23. The molecule has 4 nitrogen and oxygen atoms in total. The predicted molar refractivity (Wildman–Crippen MR) is 97.6 cm³/mol. The fourth-order valence-electron chi connectivity index (χ4n) is 2.69. The number of nitrogens with one attached hydrogen (secondary N) is 1. The van der Waals surface area contributed by atoms with Gasteiger partial charge in [-0.25, -0.2) is 0 Å². The lowest BCUT2D eigenvalue weighted by molar-refractivity contribution is 0.0939. The number of aryl methyl sites for hydroxylation is 1. The average Bonchev–Trinajstić information content (AvgIpc) is 2.61. The molecule has 1 amide bonds. The lowest BCUT2D eigenvalue weighted by Gasteiger charge is -2.25. The van der Waals surface area contributed by atoms with E-state index in [9.17, 15) is 4.79 Å². The van der Waals surface area contributed by atoms with Gasteiger partial charge in [0.2, 0.25) is 0 Å². The second-order valence-electron chi connectivity index (χ2n) is 5.98. The number of likely N-dealkylation sites (N-methyl/N-ethyl adjacent to an activating group) is 1. The van der Waals surface area contributed by atoms with Gasteiger partial charge in [-0.2, -0.15) is 0 Å². The van der Waals surface area contributed by atoms with Crippen molar-refractivity contribution in [1.29, 1.82) is 0 Å². The number of hydrogen-bond acceptors (Lipinski definition) is 3.